The number of hydrogen-bond acceptors (Lipinski definition) is 7. The molecule has 0 saturated carbocycles. The summed E-state index contributed by atoms with van der Waals surface area (Å²) in [6.45, 7) is -0.716. The van der Waals surface area contributed by atoms with Crippen LogP contribution < -0.4 is 0 Å². The van der Waals surface area contributed by atoms with E-state index in [9.17, 15) is 4.57 Å². The molecule has 0 aromatic carbocycles. The minimum absolute atomic E-state index is 0.0134. The van der Waals surface area contributed by atoms with E-state index in [1.807, 2.05) is 0 Å². The average molecular weight is 257 g/mol. The fraction of sp³-hybridized carbons (Fsp3) is 1.00. The molecule has 4 N–H and O–H groups in total. The molecule has 0 aromatic heterocycles. The second-order valence-electron chi connectivity index (χ2n) is 3.14. The molecule has 16 heavy (non-hydrogen) atoms. The van der Waals surface area contributed by atoms with E-state index in [1.165, 1.54) is 0 Å². The van der Waals surface area contributed by atoms with E-state index in [2.05, 4.69) is 0 Å². The largest absolute Gasteiger partial charge is 0.697 e. The van der Waals surface area contributed by atoms with E-state index < -0.39 is 20.5 Å². The normalized spacial score (nSPS) is 15.9. The van der Waals surface area contributed by atoms with Crippen molar-refractivity contribution in [2.75, 3.05) is 26.4 Å². The minimum atomic E-state index is -2.29. The second-order valence-corrected chi connectivity index (χ2v) is 4.10. The Morgan fingerprint density at radius 1 is 0.938 bits per heavy atom. The quantitative estimate of drug-likeness (QED) is 0.377. The standard InChI is InChI=1S/C8H18O7P/c9-5-7(11)1-3-14-16(13)15-4-2-8(12)6-10/h7-12H,1-6H2/q+1. The molecule has 0 aliphatic rings. The van der Waals surface area contributed by atoms with Crippen molar-refractivity contribution in [1.82, 2.24) is 0 Å². The van der Waals surface area contributed by atoms with E-state index in [4.69, 9.17) is 29.5 Å². The second kappa shape index (κ2) is 10.0. The highest BCUT2D eigenvalue weighted by atomic mass is 31.1. The molecule has 0 spiro atoms. The Hall–Kier alpha value is -0.140. The highest BCUT2D eigenvalue weighted by molar-refractivity contribution is 7.33. The van der Waals surface area contributed by atoms with Crippen LogP contribution in [-0.2, 0) is 13.6 Å². The topological polar surface area (TPSA) is 116 Å². The van der Waals surface area contributed by atoms with Crippen molar-refractivity contribution in [3.05, 3.63) is 0 Å². The van der Waals surface area contributed by atoms with Gasteiger partial charge in [0.05, 0.1) is 25.4 Å². The molecule has 0 heterocycles. The van der Waals surface area contributed by atoms with Gasteiger partial charge in [0.1, 0.15) is 13.2 Å². The zero-order chi connectivity index (χ0) is 12.4. The molecule has 0 amide bonds. The van der Waals surface area contributed by atoms with Gasteiger partial charge in [-0.3, -0.25) is 0 Å². The first-order valence-corrected chi connectivity index (χ1v) is 6.00. The summed E-state index contributed by atoms with van der Waals surface area (Å²) < 4.78 is 20.4. The van der Waals surface area contributed by atoms with Crippen molar-refractivity contribution >= 4 is 8.25 Å². The van der Waals surface area contributed by atoms with Gasteiger partial charge in [-0.25, -0.2) is 0 Å². The fourth-order valence-electron chi connectivity index (χ4n) is 0.746. The average Bonchev–Trinajstić information content (AvgIpc) is 2.28. The Kier molecular flexibility index (Phi) is 9.95. The van der Waals surface area contributed by atoms with Gasteiger partial charge in [0.15, 0.2) is 0 Å². The summed E-state index contributed by atoms with van der Waals surface area (Å²) in [7, 11) is -2.29. The Labute approximate surface area is 94.6 Å². The molecular formula is C8H18O7P+. The number of aliphatic hydroxyl groups is 4. The third-order valence-electron chi connectivity index (χ3n) is 1.72. The molecule has 96 valence electrons. The van der Waals surface area contributed by atoms with Crippen LogP contribution in [0.15, 0.2) is 0 Å². The highest BCUT2D eigenvalue weighted by Crippen LogP contribution is 2.24. The van der Waals surface area contributed by atoms with Crippen molar-refractivity contribution in [2.24, 2.45) is 0 Å². The first-order valence-electron chi connectivity index (χ1n) is 4.91. The van der Waals surface area contributed by atoms with Crippen molar-refractivity contribution in [2.45, 2.75) is 25.0 Å². The lowest BCUT2D eigenvalue weighted by Gasteiger charge is -2.03. The maximum atomic E-state index is 11.0. The molecule has 7 nitrogen and oxygen atoms in total. The molecule has 0 aromatic rings. The summed E-state index contributed by atoms with van der Waals surface area (Å²) in [5, 5.41) is 34.8. The van der Waals surface area contributed by atoms with Crippen LogP contribution in [0.5, 0.6) is 0 Å². The lowest BCUT2D eigenvalue weighted by molar-refractivity contribution is 0.0668. The van der Waals surface area contributed by atoms with Gasteiger partial charge in [0.25, 0.3) is 0 Å². The minimum Gasteiger partial charge on any atom is -0.394 e. The predicted octanol–water partition coefficient (Wildman–Crippen LogP) is -0.836. The van der Waals surface area contributed by atoms with E-state index in [0.717, 1.165) is 0 Å². The maximum Gasteiger partial charge on any atom is 0.697 e. The van der Waals surface area contributed by atoms with Crippen molar-refractivity contribution in [3.63, 3.8) is 0 Å². The Bertz CT molecular complexity index is 171. The van der Waals surface area contributed by atoms with Crippen molar-refractivity contribution in [1.29, 1.82) is 0 Å². The van der Waals surface area contributed by atoms with Gasteiger partial charge in [-0.05, 0) is 0 Å². The van der Waals surface area contributed by atoms with Crippen LogP contribution in [0.4, 0.5) is 0 Å². The number of aliphatic hydroxyl groups excluding tert-OH is 4. The van der Waals surface area contributed by atoms with E-state index in [0.29, 0.717) is 0 Å². The molecule has 0 radical (unpaired) electrons. The van der Waals surface area contributed by atoms with Crippen LogP contribution in [0.25, 0.3) is 0 Å². The summed E-state index contributed by atoms with van der Waals surface area (Å²) in [6.07, 6.45) is -1.44. The van der Waals surface area contributed by atoms with Gasteiger partial charge in [-0.15, -0.1) is 9.05 Å². The monoisotopic (exact) mass is 257 g/mol. The third-order valence-corrected chi connectivity index (χ3v) is 2.50. The Morgan fingerprint density at radius 2 is 1.31 bits per heavy atom. The maximum absolute atomic E-state index is 11.0. The summed E-state index contributed by atoms with van der Waals surface area (Å²) in [5.41, 5.74) is 0. The first-order chi connectivity index (χ1) is 7.60. The van der Waals surface area contributed by atoms with Crippen molar-refractivity contribution in [3.8, 4) is 0 Å². The van der Waals surface area contributed by atoms with Crippen LogP contribution in [0.3, 0.4) is 0 Å². The molecule has 2 unspecified atom stereocenters. The molecular weight excluding hydrogens is 239 g/mol. The first kappa shape index (κ1) is 15.9. The molecule has 0 bridgehead atoms. The van der Waals surface area contributed by atoms with Gasteiger partial charge >= 0.3 is 8.25 Å². The Morgan fingerprint density at radius 3 is 1.62 bits per heavy atom. The summed E-state index contributed by atoms with van der Waals surface area (Å²) in [5.74, 6) is 0. The zero-order valence-electron chi connectivity index (χ0n) is 8.86. The van der Waals surface area contributed by atoms with Crippen LogP contribution in [0, 0.1) is 0 Å². The molecule has 0 saturated heterocycles. The summed E-state index contributed by atoms with van der Waals surface area (Å²) in [6, 6.07) is 0. The molecule has 0 rings (SSSR count). The van der Waals surface area contributed by atoms with Crippen LogP contribution in [-0.4, -0.2) is 59.1 Å². The van der Waals surface area contributed by atoms with Gasteiger partial charge in [0, 0.05) is 17.4 Å². The van der Waals surface area contributed by atoms with Crippen LogP contribution in [0.1, 0.15) is 12.8 Å². The number of rotatable bonds is 10. The van der Waals surface area contributed by atoms with E-state index >= 15 is 0 Å². The molecule has 0 aliphatic carbocycles. The van der Waals surface area contributed by atoms with E-state index in [-0.39, 0.29) is 39.3 Å². The van der Waals surface area contributed by atoms with E-state index in [1.54, 1.807) is 0 Å². The molecule has 8 heteroatoms. The Balaban J connectivity index is 3.38. The summed E-state index contributed by atoms with van der Waals surface area (Å²) >= 11 is 0. The zero-order valence-corrected chi connectivity index (χ0v) is 9.75. The lowest BCUT2D eigenvalue weighted by Crippen LogP contribution is -2.14. The van der Waals surface area contributed by atoms with Gasteiger partial charge < -0.3 is 20.4 Å². The van der Waals surface area contributed by atoms with Crippen LogP contribution >= 0.6 is 8.25 Å². The molecule has 0 fully saturated rings. The highest BCUT2D eigenvalue weighted by Gasteiger charge is 2.21. The lowest BCUT2D eigenvalue weighted by atomic mass is 10.3. The van der Waals surface area contributed by atoms with Crippen molar-refractivity contribution < 1.29 is 34.0 Å². The summed E-state index contributed by atoms with van der Waals surface area (Å²) in [4.78, 5) is 0. The predicted molar refractivity (Wildman–Crippen MR) is 54.9 cm³/mol. The number of hydrogen-bond donors (Lipinski definition) is 4. The van der Waals surface area contributed by atoms with Gasteiger partial charge in [-0.1, -0.05) is 0 Å². The van der Waals surface area contributed by atoms with Gasteiger partial charge in [0.2, 0.25) is 0 Å². The smallest absolute Gasteiger partial charge is 0.394 e. The SMILES string of the molecule is O=[P+](OCCC(O)CO)OCCC(O)CO. The molecule has 2 atom stereocenters. The van der Waals surface area contributed by atoms with Crippen LogP contribution in [0.2, 0.25) is 0 Å². The van der Waals surface area contributed by atoms with Gasteiger partial charge in [-0.2, -0.15) is 0 Å². The molecule has 0 aliphatic heterocycles. The third kappa shape index (κ3) is 9.11. The fourth-order valence-corrected chi connectivity index (χ4v) is 1.33.